The SMILES string of the molecule is Cc1ccc(S(=O)(=O)N2CC(c3nc(C4CC4)no3)C2)cc1C. The zero-order valence-electron chi connectivity index (χ0n) is 13.2. The molecule has 4 rings (SSSR count). The summed E-state index contributed by atoms with van der Waals surface area (Å²) in [6, 6.07) is 5.25. The van der Waals surface area contributed by atoms with Crippen LogP contribution < -0.4 is 0 Å². The van der Waals surface area contributed by atoms with Crippen molar-refractivity contribution in [1.82, 2.24) is 14.4 Å². The fraction of sp³-hybridized carbons (Fsp3) is 0.500. The predicted octanol–water partition coefficient (Wildman–Crippen LogP) is 2.35. The maximum Gasteiger partial charge on any atom is 0.243 e. The Hall–Kier alpha value is -1.73. The van der Waals surface area contributed by atoms with E-state index in [0.29, 0.717) is 29.8 Å². The third-order valence-electron chi connectivity index (χ3n) is 4.71. The van der Waals surface area contributed by atoms with Crippen molar-refractivity contribution in [2.75, 3.05) is 13.1 Å². The molecule has 6 nitrogen and oxygen atoms in total. The summed E-state index contributed by atoms with van der Waals surface area (Å²) in [5.74, 6) is 1.80. The van der Waals surface area contributed by atoms with Crippen molar-refractivity contribution in [2.45, 2.75) is 43.4 Å². The molecule has 1 saturated heterocycles. The van der Waals surface area contributed by atoms with Crippen molar-refractivity contribution in [1.29, 1.82) is 0 Å². The third kappa shape index (κ3) is 2.57. The minimum Gasteiger partial charge on any atom is -0.339 e. The molecule has 2 heterocycles. The van der Waals surface area contributed by atoms with Gasteiger partial charge in [0.25, 0.3) is 0 Å². The van der Waals surface area contributed by atoms with Gasteiger partial charge in [-0.3, -0.25) is 0 Å². The lowest BCUT2D eigenvalue weighted by Gasteiger charge is -2.35. The first kappa shape index (κ1) is 14.8. The summed E-state index contributed by atoms with van der Waals surface area (Å²) in [6.45, 7) is 4.70. The Balaban J connectivity index is 1.48. The largest absolute Gasteiger partial charge is 0.339 e. The van der Waals surface area contributed by atoms with Crippen LogP contribution in [0.25, 0.3) is 0 Å². The van der Waals surface area contributed by atoms with Gasteiger partial charge in [-0.15, -0.1) is 0 Å². The smallest absolute Gasteiger partial charge is 0.243 e. The fourth-order valence-corrected chi connectivity index (χ4v) is 4.35. The summed E-state index contributed by atoms with van der Waals surface area (Å²) in [4.78, 5) is 4.76. The summed E-state index contributed by atoms with van der Waals surface area (Å²) >= 11 is 0. The number of aromatic nitrogens is 2. The molecule has 1 saturated carbocycles. The maximum atomic E-state index is 12.6. The van der Waals surface area contributed by atoms with Crippen molar-refractivity contribution in [3.8, 4) is 0 Å². The molecule has 122 valence electrons. The quantitative estimate of drug-likeness (QED) is 0.858. The van der Waals surface area contributed by atoms with E-state index >= 15 is 0 Å². The Morgan fingerprint density at radius 1 is 1.13 bits per heavy atom. The van der Waals surface area contributed by atoms with Crippen LogP contribution in [0, 0.1) is 13.8 Å². The van der Waals surface area contributed by atoms with Crippen LogP contribution in [0.3, 0.4) is 0 Å². The predicted molar refractivity (Wildman–Crippen MR) is 83.7 cm³/mol. The van der Waals surface area contributed by atoms with E-state index in [-0.39, 0.29) is 5.92 Å². The van der Waals surface area contributed by atoms with E-state index in [1.165, 1.54) is 4.31 Å². The van der Waals surface area contributed by atoms with Crippen LogP contribution in [0.4, 0.5) is 0 Å². The number of hydrogen-bond acceptors (Lipinski definition) is 5. The first-order valence-corrected chi connectivity index (χ1v) is 9.30. The first-order chi connectivity index (χ1) is 10.9. The van der Waals surface area contributed by atoms with Gasteiger partial charge in [-0.1, -0.05) is 11.2 Å². The number of hydrogen-bond donors (Lipinski definition) is 0. The minimum atomic E-state index is -3.44. The number of sulfonamides is 1. The Labute approximate surface area is 135 Å². The molecule has 0 radical (unpaired) electrons. The Bertz CT molecular complexity index is 849. The molecule has 1 aliphatic carbocycles. The normalized spacial score (nSPS) is 19.7. The van der Waals surface area contributed by atoms with E-state index in [1.807, 2.05) is 19.9 Å². The summed E-state index contributed by atoms with van der Waals surface area (Å²) in [6.07, 6.45) is 2.24. The molecule has 1 aliphatic heterocycles. The summed E-state index contributed by atoms with van der Waals surface area (Å²) in [5.41, 5.74) is 2.07. The molecular weight excluding hydrogens is 314 g/mol. The highest BCUT2D eigenvalue weighted by atomic mass is 32.2. The summed E-state index contributed by atoms with van der Waals surface area (Å²) in [7, 11) is -3.44. The molecule has 0 bridgehead atoms. The Kier molecular flexibility index (Phi) is 3.32. The van der Waals surface area contributed by atoms with Crippen LogP contribution in [0.2, 0.25) is 0 Å². The van der Waals surface area contributed by atoms with Gasteiger partial charge in [0.2, 0.25) is 15.9 Å². The van der Waals surface area contributed by atoms with Gasteiger partial charge in [0.15, 0.2) is 5.82 Å². The van der Waals surface area contributed by atoms with E-state index in [2.05, 4.69) is 10.1 Å². The molecule has 0 spiro atoms. The van der Waals surface area contributed by atoms with Crippen molar-refractivity contribution >= 4 is 10.0 Å². The van der Waals surface area contributed by atoms with E-state index in [0.717, 1.165) is 29.8 Å². The molecule has 0 amide bonds. The lowest BCUT2D eigenvalue weighted by Crippen LogP contribution is -2.48. The van der Waals surface area contributed by atoms with E-state index in [9.17, 15) is 8.42 Å². The number of benzene rings is 1. The number of nitrogens with zero attached hydrogens (tertiary/aromatic N) is 3. The monoisotopic (exact) mass is 333 g/mol. The first-order valence-electron chi connectivity index (χ1n) is 7.86. The van der Waals surface area contributed by atoms with Gasteiger partial charge < -0.3 is 4.52 Å². The molecule has 1 aromatic carbocycles. The lowest BCUT2D eigenvalue weighted by atomic mass is 10.0. The van der Waals surface area contributed by atoms with Gasteiger partial charge in [-0.2, -0.15) is 9.29 Å². The van der Waals surface area contributed by atoms with Crippen LogP contribution >= 0.6 is 0 Å². The number of aryl methyl sites for hydroxylation is 2. The second-order valence-corrected chi connectivity index (χ2v) is 8.47. The lowest BCUT2D eigenvalue weighted by molar-refractivity contribution is 0.216. The Morgan fingerprint density at radius 2 is 1.87 bits per heavy atom. The summed E-state index contributed by atoms with van der Waals surface area (Å²) in [5, 5.41) is 3.99. The molecule has 2 aromatic rings. The van der Waals surface area contributed by atoms with Crippen molar-refractivity contribution in [3.05, 3.63) is 41.0 Å². The molecule has 1 aromatic heterocycles. The van der Waals surface area contributed by atoms with Gasteiger partial charge in [0.05, 0.1) is 10.8 Å². The zero-order valence-corrected chi connectivity index (χ0v) is 14.0. The standard InChI is InChI=1S/C16H19N3O3S/c1-10-3-6-14(7-11(10)2)23(20,21)19-8-13(9-19)16-17-15(18-22-16)12-4-5-12/h3,6-7,12-13H,4-5,8-9H2,1-2H3. The van der Waals surface area contributed by atoms with Gasteiger partial charge >= 0.3 is 0 Å². The summed E-state index contributed by atoms with van der Waals surface area (Å²) < 4.78 is 32.0. The van der Waals surface area contributed by atoms with Crippen LogP contribution in [0.1, 0.15) is 47.5 Å². The maximum absolute atomic E-state index is 12.6. The molecule has 0 atom stereocenters. The average molecular weight is 333 g/mol. The zero-order chi connectivity index (χ0) is 16.2. The molecule has 2 aliphatic rings. The second kappa shape index (κ2) is 5.14. The highest BCUT2D eigenvalue weighted by Crippen LogP contribution is 2.39. The van der Waals surface area contributed by atoms with Crippen molar-refractivity contribution in [3.63, 3.8) is 0 Å². The highest BCUT2D eigenvalue weighted by molar-refractivity contribution is 7.89. The topological polar surface area (TPSA) is 76.3 Å². The highest BCUT2D eigenvalue weighted by Gasteiger charge is 2.41. The molecule has 7 heteroatoms. The average Bonchev–Trinajstić information content (AvgIpc) is 3.20. The second-order valence-electron chi connectivity index (χ2n) is 6.53. The van der Waals surface area contributed by atoms with Gasteiger partial charge in [-0.05, 0) is 49.9 Å². The molecule has 0 N–H and O–H groups in total. The molecule has 0 unspecified atom stereocenters. The fourth-order valence-electron chi connectivity index (χ4n) is 2.73. The van der Waals surface area contributed by atoms with E-state index < -0.39 is 10.0 Å². The molecule has 23 heavy (non-hydrogen) atoms. The van der Waals surface area contributed by atoms with E-state index in [4.69, 9.17) is 4.52 Å². The minimum absolute atomic E-state index is 0.0105. The van der Waals surface area contributed by atoms with Crippen molar-refractivity contribution in [2.24, 2.45) is 0 Å². The van der Waals surface area contributed by atoms with E-state index in [1.54, 1.807) is 12.1 Å². The van der Waals surface area contributed by atoms with Gasteiger partial charge in [0, 0.05) is 19.0 Å². The number of rotatable bonds is 4. The van der Waals surface area contributed by atoms with Gasteiger partial charge in [-0.25, -0.2) is 8.42 Å². The molecule has 2 fully saturated rings. The third-order valence-corrected chi connectivity index (χ3v) is 6.54. The van der Waals surface area contributed by atoms with Crippen LogP contribution in [0.15, 0.2) is 27.6 Å². The van der Waals surface area contributed by atoms with Crippen LogP contribution in [0.5, 0.6) is 0 Å². The Morgan fingerprint density at radius 3 is 2.52 bits per heavy atom. The van der Waals surface area contributed by atoms with Crippen LogP contribution in [-0.2, 0) is 10.0 Å². The van der Waals surface area contributed by atoms with Gasteiger partial charge in [0.1, 0.15) is 0 Å². The van der Waals surface area contributed by atoms with Crippen molar-refractivity contribution < 1.29 is 12.9 Å². The van der Waals surface area contributed by atoms with Crippen LogP contribution in [-0.4, -0.2) is 36.0 Å². The molecular formula is C16H19N3O3S.